The summed E-state index contributed by atoms with van der Waals surface area (Å²) in [4.78, 5) is 41.2. The van der Waals surface area contributed by atoms with Gasteiger partial charge in [-0.3, -0.25) is 19.1 Å². The van der Waals surface area contributed by atoms with Gasteiger partial charge >= 0.3 is 0 Å². The summed E-state index contributed by atoms with van der Waals surface area (Å²) in [6.45, 7) is 2.80. The van der Waals surface area contributed by atoms with Gasteiger partial charge in [0.2, 0.25) is 11.8 Å². The van der Waals surface area contributed by atoms with E-state index in [1.165, 1.54) is 33.9 Å². The molecule has 2 aliphatic rings. The number of aliphatic hydroxyl groups is 1. The number of hydrogen-bond acceptors (Lipinski definition) is 8. The van der Waals surface area contributed by atoms with Gasteiger partial charge in [-0.15, -0.1) is 0 Å². The van der Waals surface area contributed by atoms with Crippen molar-refractivity contribution in [2.24, 2.45) is 5.92 Å². The summed E-state index contributed by atoms with van der Waals surface area (Å²) in [6.07, 6.45) is 9.94. The Morgan fingerprint density at radius 3 is 2.54 bits per heavy atom. The number of halogens is 1. The van der Waals surface area contributed by atoms with Gasteiger partial charge in [0.1, 0.15) is 23.6 Å². The molecule has 0 unspecified atom stereocenters. The molecule has 1 saturated carbocycles. The van der Waals surface area contributed by atoms with E-state index in [1.807, 2.05) is 11.8 Å². The Kier molecular flexibility index (Phi) is 7.24. The predicted octanol–water partition coefficient (Wildman–Crippen LogP) is 2.81. The van der Waals surface area contributed by atoms with Crippen molar-refractivity contribution in [1.29, 1.82) is 0 Å². The predicted molar refractivity (Wildman–Crippen MR) is 147 cm³/mol. The highest BCUT2D eigenvalue weighted by Crippen LogP contribution is 2.31. The number of aromatic nitrogens is 6. The van der Waals surface area contributed by atoms with E-state index in [-0.39, 0.29) is 35.9 Å². The van der Waals surface area contributed by atoms with Gasteiger partial charge in [-0.05, 0) is 69.7 Å². The summed E-state index contributed by atoms with van der Waals surface area (Å²) in [6, 6.07) is 5.76. The number of likely N-dealkylation sites (tertiary alicyclic amines) is 1. The van der Waals surface area contributed by atoms with Crippen molar-refractivity contribution in [2.75, 3.05) is 13.1 Å². The van der Waals surface area contributed by atoms with Crippen LogP contribution in [0.15, 0.2) is 54.0 Å². The van der Waals surface area contributed by atoms with Crippen LogP contribution in [0.25, 0.3) is 16.7 Å². The zero-order valence-electron chi connectivity index (χ0n) is 22.8. The average Bonchev–Trinajstić information content (AvgIpc) is 3.40. The molecule has 0 spiro atoms. The third-order valence-electron chi connectivity index (χ3n) is 8.14. The molecule has 1 aliphatic carbocycles. The van der Waals surface area contributed by atoms with Crippen LogP contribution in [0.3, 0.4) is 0 Å². The van der Waals surface area contributed by atoms with E-state index in [0.29, 0.717) is 48.5 Å². The van der Waals surface area contributed by atoms with Crippen LogP contribution < -0.4 is 10.3 Å². The van der Waals surface area contributed by atoms with Gasteiger partial charge in [-0.25, -0.2) is 19.0 Å². The van der Waals surface area contributed by atoms with Gasteiger partial charge in [0, 0.05) is 25.2 Å². The van der Waals surface area contributed by atoms with Crippen molar-refractivity contribution in [3.63, 3.8) is 0 Å². The minimum atomic E-state index is -1.14. The largest absolute Gasteiger partial charge is 0.473 e. The third kappa shape index (κ3) is 5.69. The fraction of sp³-hybridized carbons (Fsp3) is 0.448. The first kappa shape index (κ1) is 27.0. The zero-order valence-corrected chi connectivity index (χ0v) is 22.8. The monoisotopic (exact) mass is 561 g/mol. The summed E-state index contributed by atoms with van der Waals surface area (Å²) in [5.41, 5.74) is 0.297. The highest BCUT2D eigenvalue weighted by molar-refractivity contribution is 5.79. The molecular formula is C29H32FN7O4. The molecule has 1 aliphatic heterocycles. The maximum Gasteiger partial charge on any atom is 0.264 e. The number of rotatable bonds is 6. The van der Waals surface area contributed by atoms with Gasteiger partial charge in [0.05, 0.1) is 35.9 Å². The molecule has 41 heavy (non-hydrogen) atoms. The minimum absolute atomic E-state index is 0.0219. The van der Waals surface area contributed by atoms with Crippen LogP contribution in [0.1, 0.15) is 44.2 Å². The van der Waals surface area contributed by atoms with Gasteiger partial charge in [0.15, 0.2) is 5.65 Å². The van der Waals surface area contributed by atoms with E-state index in [4.69, 9.17) is 4.74 Å². The lowest BCUT2D eigenvalue weighted by atomic mass is 9.85. The van der Waals surface area contributed by atoms with Crippen molar-refractivity contribution in [3.05, 3.63) is 71.0 Å². The highest BCUT2D eigenvalue weighted by atomic mass is 19.1. The standard InChI is InChI=1S/C29H32FN7O4/c1-19-14-31-16-25(34-19)41-23-8-2-20(3-9-23)27(38)35-12-10-29(40,11-13-35)17-36-18-32-26-24(28(36)39)15-33-37(26)22-6-4-21(30)5-7-22/h4-7,14-16,18,20,23,40H,2-3,8-13,17H2,1H3/t20-,23-. The number of ether oxygens (including phenoxy) is 1. The molecule has 11 nitrogen and oxygen atoms in total. The number of piperidine rings is 1. The molecule has 4 aromatic rings. The van der Waals surface area contributed by atoms with Crippen LogP contribution in [-0.2, 0) is 11.3 Å². The number of fused-ring (bicyclic) bond motifs is 1. The van der Waals surface area contributed by atoms with Gasteiger partial charge in [-0.1, -0.05) is 0 Å². The van der Waals surface area contributed by atoms with Gasteiger partial charge < -0.3 is 14.7 Å². The maximum absolute atomic E-state index is 13.3. The van der Waals surface area contributed by atoms with E-state index in [0.717, 1.165) is 31.4 Å². The molecule has 2 fully saturated rings. The first-order valence-corrected chi connectivity index (χ1v) is 13.9. The number of carbonyl (C=O) groups excluding carboxylic acids is 1. The highest BCUT2D eigenvalue weighted by Gasteiger charge is 2.37. The van der Waals surface area contributed by atoms with Crippen molar-refractivity contribution in [2.45, 2.75) is 63.7 Å². The summed E-state index contributed by atoms with van der Waals surface area (Å²) < 4.78 is 22.2. The Labute approximate surface area is 235 Å². The van der Waals surface area contributed by atoms with Gasteiger partial charge in [0.25, 0.3) is 5.56 Å². The number of hydrogen-bond donors (Lipinski definition) is 1. The quantitative estimate of drug-likeness (QED) is 0.381. The molecule has 1 aromatic carbocycles. The molecule has 0 bridgehead atoms. The Bertz CT molecular complexity index is 1600. The Morgan fingerprint density at radius 2 is 1.83 bits per heavy atom. The van der Waals surface area contributed by atoms with E-state index in [1.54, 1.807) is 24.5 Å². The van der Waals surface area contributed by atoms with Crippen molar-refractivity contribution >= 4 is 16.9 Å². The summed E-state index contributed by atoms with van der Waals surface area (Å²) in [5.74, 6) is 0.212. The lowest BCUT2D eigenvalue weighted by Gasteiger charge is -2.40. The molecule has 4 heterocycles. The molecule has 214 valence electrons. The molecule has 1 amide bonds. The number of aryl methyl sites for hydroxylation is 1. The molecule has 0 atom stereocenters. The Morgan fingerprint density at radius 1 is 1.10 bits per heavy atom. The molecule has 6 rings (SSSR count). The lowest BCUT2D eigenvalue weighted by Crippen LogP contribution is -2.51. The number of amides is 1. The summed E-state index contributed by atoms with van der Waals surface area (Å²) >= 11 is 0. The summed E-state index contributed by atoms with van der Waals surface area (Å²) in [5, 5.41) is 15.9. The molecule has 3 aromatic heterocycles. The maximum atomic E-state index is 13.3. The van der Waals surface area contributed by atoms with Gasteiger partial charge in [-0.2, -0.15) is 5.10 Å². The molecule has 1 N–H and O–H groups in total. The smallest absolute Gasteiger partial charge is 0.264 e. The second-order valence-electron chi connectivity index (χ2n) is 11.1. The van der Waals surface area contributed by atoms with E-state index < -0.39 is 5.60 Å². The number of carbonyl (C=O) groups is 1. The molecule has 12 heteroatoms. The molecule has 1 saturated heterocycles. The molecule has 0 radical (unpaired) electrons. The second kappa shape index (κ2) is 11.0. The fourth-order valence-corrected chi connectivity index (χ4v) is 5.80. The third-order valence-corrected chi connectivity index (χ3v) is 8.14. The minimum Gasteiger partial charge on any atom is -0.473 e. The van der Waals surface area contributed by atoms with E-state index in [2.05, 4.69) is 20.1 Å². The lowest BCUT2D eigenvalue weighted by molar-refractivity contribution is -0.141. The topological polar surface area (TPSA) is 128 Å². The number of benzene rings is 1. The van der Waals surface area contributed by atoms with Crippen molar-refractivity contribution < 1.29 is 19.0 Å². The SMILES string of the molecule is Cc1cncc(O[C@H]2CC[C@H](C(=O)N3CCC(O)(Cn4cnc5c(cnn5-c5ccc(F)cc5)c4=O)CC3)CC2)n1. The number of nitrogens with zero attached hydrogens (tertiary/aromatic N) is 7. The Balaban J connectivity index is 1.04. The Hall–Kier alpha value is -4.19. The second-order valence-corrected chi connectivity index (χ2v) is 11.1. The molecular weight excluding hydrogens is 529 g/mol. The van der Waals surface area contributed by atoms with Crippen molar-refractivity contribution in [1.82, 2.24) is 34.2 Å². The van der Waals surface area contributed by atoms with Crippen LogP contribution in [-0.4, -0.2) is 70.0 Å². The van der Waals surface area contributed by atoms with Crippen LogP contribution in [0, 0.1) is 18.7 Å². The normalized spacial score (nSPS) is 20.7. The summed E-state index contributed by atoms with van der Waals surface area (Å²) in [7, 11) is 0. The first-order valence-electron chi connectivity index (χ1n) is 13.9. The van der Waals surface area contributed by atoms with Crippen LogP contribution in [0.2, 0.25) is 0 Å². The average molecular weight is 562 g/mol. The van der Waals surface area contributed by atoms with E-state index >= 15 is 0 Å². The van der Waals surface area contributed by atoms with Crippen LogP contribution >= 0.6 is 0 Å². The van der Waals surface area contributed by atoms with Crippen LogP contribution in [0.4, 0.5) is 4.39 Å². The first-order chi connectivity index (χ1) is 19.8. The van der Waals surface area contributed by atoms with E-state index in [9.17, 15) is 19.1 Å². The fourth-order valence-electron chi connectivity index (χ4n) is 5.80. The van der Waals surface area contributed by atoms with Crippen LogP contribution in [0.5, 0.6) is 5.88 Å². The zero-order chi connectivity index (χ0) is 28.6. The van der Waals surface area contributed by atoms with Crippen molar-refractivity contribution in [3.8, 4) is 11.6 Å².